The average Bonchev–Trinajstić information content (AvgIpc) is 2.02. The zero-order chi connectivity index (χ0) is 10.0. The molecule has 0 fully saturated rings. The van der Waals surface area contributed by atoms with Crippen molar-refractivity contribution in [2.75, 3.05) is 0 Å². The molecule has 0 radical (unpaired) electrons. The van der Waals surface area contributed by atoms with Gasteiger partial charge in [0.1, 0.15) is 5.69 Å². The van der Waals surface area contributed by atoms with Gasteiger partial charge in [0, 0.05) is 21.4 Å². The Balaban J connectivity index is 3.29. The molecular weight excluding hydrogens is 315 g/mol. The molecule has 0 amide bonds. The number of hydrogen-bond donors (Lipinski definition) is 0. The molecule has 0 unspecified atom stereocenters. The standard InChI is InChI=1S/C7H4Br2F3N/c8-2-3-4(9)1-5(10)13-6(3)7(11)12/h1,7H,2H2. The molecule has 1 aromatic rings. The van der Waals surface area contributed by atoms with Crippen LogP contribution in [0.4, 0.5) is 13.2 Å². The lowest BCUT2D eigenvalue weighted by molar-refractivity contribution is 0.143. The number of aromatic nitrogens is 1. The summed E-state index contributed by atoms with van der Waals surface area (Å²) in [5, 5.41) is 0.209. The molecule has 0 saturated heterocycles. The van der Waals surface area contributed by atoms with Gasteiger partial charge in [0.25, 0.3) is 6.43 Å². The van der Waals surface area contributed by atoms with Crippen LogP contribution in [0.3, 0.4) is 0 Å². The highest BCUT2D eigenvalue weighted by molar-refractivity contribution is 9.10. The molecule has 0 aliphatic heterocycles. The third kappa shape index (κ3) is 2.43. The maximum atomic E-state index is 12.6. The number of hydrogen-bond acceptors (Lipinski definition) is 1. The Kier molecular flexibility index (Phi) is 3.73. The Morgan fingerprint density at radius 3 is 2.54 bits per heavy atom. The fourth-order valence-corrected chi connectivity index (χ4v) is 2.34. The highest BCUT2D eigenvalue weighted by atomic mass is 79.9. The summed E-state index contributed by atoms with van der Waals surface area (Å²) in [7, 11) is 0. The van der Waals surface area contributed by atoms with Gasteiger partial charge < -0.3 is 0 Å². The van der Waals surface area contributed by atoms with Crippen molar-refractivity contribution >= 4 is 31.9 Å². The van der Waals surface area contributed by atoms with Gasteiger partial charge in [0.2, 0.25) is 5.95 Å². The van der Waals surface area contributed by atoms with Crippen molar-refractivity contribution in [3.63, 3.8) is 0 Å². The van der Waals surface area contributed by atoms with Crippen LogP contribution in [0.5, 0.6) is 0 Å². The van der Waals surface area contributed by atoms with Crippen LogP contribution in [0.15, 0.2) is 10.5 Å². The van der Waals surface area contributed by atoms with Gasteiger partial charge in [-0.25, -0.2) is 13.8 Å². The molecule has 1 aromatic heterocycles. The van der Waals surface area contributed by atoms with E-state index in [0.29, 0.717) is 4.47 Å². The van der Waals surface area contributed by atoms with Crippen LogP contribution in [-0.2, 0) is 5.33 Å². The molecule has 0 saturated carbocycles. The summed E-state index contributed by atoms with van der Waals surface area (Å²) in [5.41, 5.74) is -0.250. The first kappa shape index (κ1) is 11.0. The van der Waals surface area contributed by atoms with Crippen LogP contribution in [0, 0.1) is 5.95 Å². The van der Waals surface area contributed by atoms with Crippen molar-refractivity contribution < 1.29 is 13.2 Å². The van der Waals surface area contributed by atoms with Crippen molar-refractivity contribution in [1.29, 1.82) is 0 Å². The number of rotatable bonds is 2. The minimum Gasteiger partial charge on any atom is -0.218 e. The molecule has 72 valence electrons. The summed E-state index contributed by atoms with van der Waals surface area (Å²) in [5.74, 6) is -0.910. The van der Waals surface area contributed by atoms with Gasteiger partial charge in [-0.15, -0.1) is 0 Å². The largest absolute Gasteiger partial charge is 0.280 e. The van der Waals surface area contributed by atoms with E-state index in [4.69, 9.17) is 0 Å². The van der Waals surface area contributed by atoms with Crippen molar-refractivity contribution in [3.8, 4) is 0 Å². The fourth-order valence-electron chi connectivity index (χ4n) is 0.842. The van der Waals surface area contributed by atoms with Crippen molar-refractivity contribution in [2.45, 2.75) is 11.8 Å². The first-order valence-electron chi connectivity index (χ1n) is 3.25. The molecule has 0 spiro atoms. The zero-order valence-corrected chi connectivity index (χ0v) is 9.37. The number of pyridine rings is 1. The van der Waals surface area contributed by atoms with E-state index in [1.807, 2.05) is 0 Å². The average molecular weight is 319 g/mol. The maximum absolute atomic E-state index is 12.6. The normalized spacial score (nSPS) is 10.9. The Morgan fingerprint density at radius 2 is 2.08 bits per heavy atom. The molecule has 13 heavy (non-hydrogen) atoms. The minimum absolute atomic E-state index is 0.209. The van der Waals surface area contributed by atoms with E-state index in [1.165, 1.54) is 0 Å². The number of alkyl halides is 3. The molecule has 1 rings (SSSR count). The van der Waals surface area contributed by atoms with Crippen molar-refractivity contribution in [3.05, 3.63) is 27.7 Å². The van der Waals surface area contributed by atoms with Gasteiger partial charge >= 0.3 is 0 Å². The molecule has 0 aromatic carbocycles. The SMILES string of the molecule is Fc1cc(Br)c(CBr)c(C(F)F)n1. The third-order valence-corrected chi connectivity index (χ3v) is 2.68. The first-order valence-corrected chi connectivity index (χ1v) is 5.16. The number of halogens is 5. The summed E-state index contributed by atoms with van der Waals surface area (Å²) in [6.45, 7) is 0. The van der Waals surface area contributed by atoms with Gasteiger partial charge in [-0.05, 0) is 0 Å². The second-order valence-electron chi connectivity index (χ2n) is 2.22. The minimum atomic E-state index is -2.76. The first-order chi connectivity index (χ1) is 6.06. The third-order valence-electron chi connectivity index (χ3n) is 1.41. The monoisotopic (exact) mass is 317 g/mol. The molecule has 0 aliphatic rings. The van der Waals surface area contributed by atoms with Crippen LogP contribution in [0.25, 0.3) is 0 Å². The maximum Gasteiger partial charge on any atom is 0.280 e. The highest BCUT2D eigenvalue weighted by Gasteiger charge is 2.18. The van der Waals surface area contributed by atoms with E-state index >= 15 is 0 Å². The Hall–Kier alpha value is -0.100. The van der Waals surface area contributed by atoms with Gasteiger partial charge in [-0.1, -0.05) is 31.9 Å². The lowest BCUT2D eigenvalue weighted by Gasteiger charge is -2.07. The van der Waals surface area contributed by atoms with Crippen LogP contribution >= 0.6 is 31.9 Å². The molecule has 1 heterocycles. The highest BCUT2D eigenvalue weighted by Crippen LogP contribution is 2.29. The summed E-state index contributed by atoms with van der Waals surface area (Å²) in [4.78, 5) is 3.13. The molecule has 0 aliphatic carbocycles. The fraction of sp³-hybridized carbons (Fsp3) is 0.286. The molecule has 0 atom stereocenters. The van der Waals surface area contributed by atoms with Crippen LogP contribution < -0.4 is 0 Å². The lowest BCUT2D eigenvalue weighted by Crippen LogP contribution is -2.00. The van der Waals surface area contributed by atoms with E-state index in [-0.39, 0.29) is 10.9 Å². The van der Waals surface area contributed by atoms with E-state index in [1.54, 1.807) is 0 Å². The van der Waals surface area contributed by atoms with Gasteiger partial charge in [0.05, 0.1) is 0 Å². The van der Waals surface area contributed by atoms with Gasteiger partial charge in [0.15, 0.2) is 0 Å². The molecule has 0 N–H and O–H groups in total. The van der Waals surface area contributed by atoms with E-state index in [2.05, 4.69) is 36.8 Å². The number of nitrogens with zero attached hydrogens (tertiary/aromatic N) is 1. The predicted molar refractivity (Wildman–Crippen MR) is 49.5 cm³/mol. The van der Waals surface area contributed by atoms with E-state index in [9.17, 15) is 13.2 Å². The van der Waals surface area contributed by atoms with E-state index in [0.717, 1.165) is 6.07 Å². The topological polar surface area (TPSA) is 12.9 Å². The smallest absolute Gasteiger partial charge is 0.218 e. The van der Waals surface area contributed by atoms with Crippen molar-refractivity contribution in [2.24, 2.45) is 0 Å². The molecule has 6 heteroatoms. The summed E-state index contributed by atoms with van der Waals surface area (Å²) in [6.07, 6.45) is -2.76. The molecule has 0 bridgehead atoms. The van der Waals surface area contributed by atoms with Gasteiger partial charge in [-0.2, -0.15) is 4.39 Å². The Labute approximate surface area is 89.6 Å². The summed E-state index contributed by atoms with van der Waals surface area (Å²) >= 11 is 6.01. The molecular formula is C7H4Br2F3N. The summed E-state index contributed by atoms with van der Waals surface area (Å²) in [6, 6.07) is 1.06. The van der Waals surface area contributed by atoms with E-state index < -0.39 is 18.1 Å². The Morgan fingerprint density at radius 1 is 1.46 bits per heavy atom. The second-order valence-corrected chi connectivity index (χ2v) is 3.64. The predicted octanol–water partition coefficient (Wildman–Crippen LogP) is 3.82. The van der Waals surface area contributed by atoms with Crippen LogP contribution in [0.2, 0.25) is 0 Å². The summed E-state index contributed by atoms with van der Waals surface area (Å²) < 4.78 is 37.5. The van der Waals surface area contributed by atoms with Gasteiger partial charge in [-0.3, -0.25) is 0 Å². The molecule has 1 nitrogen and oxygen atoms in total. The zero-order valence-electron chi connectivity index (χ0n) is 6.20. The Bertz CT molecular complexity index is 317. The van der Waals surface area contributed by atoms with Crippen LogP contribution in [-0.4, -0.2) is 4.98 Å². The lowest BCUT2D eigenvalue weighted by atomic mass is 10.2. The quantitative estimate of drug-likeness (QED) is 0.597. The second kappa shape index (κ2) is 4.41. The van der Waals surface area contributed by atoms with Crippen LogP contribution in [0.1, 0.15) is 17.7 Å². The van der Waals surface area contributed by atoms with Crippen molar-refractivity contribution in [1.82, 2.24) is 4.98 Å².